The molecule has 0 unspecified atom stereocenters. The van der Waals surface area contributed by atoms with Crippen LogP contribution in [-0.4, -0.2) is 9.36 Å². The predicted molar refractivity (Wildman–Crippen MR) is 61.5 cm³/mol. The van der Waals surface area contributed by atoms with E-state index in [4.69, 9.17) is 0 Å². The smallest absolute Gasteiger partial charge is 0.205 e. The van der Waals surface area contributed by atoms with Gasteiger partial charge in [-0.1, -0.05) is 24.3 Å². The minimum absolute atomic E-state index is 0.852. The van der Waals surface area contributed by atoms with Crippen molar-refractivity contribution in [2.75, 3.05) is 0 Å². The molecule has 0 amide bonds. The molecule has 72 valence electrons. The van der Waals surface area contributed by atoms with Gasteiger partial charge in [-0.2, -0.15) is 4.37 Å². The first kappa shape index (κ1) is 9.68. The van der Waals surface area contributed by atoms with Crippen LogP contribution in [0.25, 0.3) is 0 Å². The summed E-state index contributed by atoms with van der Waals surface area (Å²) in [5, 5.41) is 1.87. The van der Waals surface area contributed by atoms with Crippen LogP contribution in [0.3, 0.4) is 0 Å². The number of allylic oxidation sites excluding steroid dienone is 5. The minimum atomic E-state index is 0.852. The van der Waals surface area contributed by atoms with Crippen molar-refractivity contribution in [3.8, 4) is 0 Å². The Labute approximate surface area is 91.6 Å². The van der Waals surface area contributed by atoms with E-state index in [0.29, 0.717) is 0 Å². The highest BCUT2D eigenvalue weighted by Crippen LogP contribution is 2.27. The van der Waals surface area contributed by atoms with Gasteiger partial charge in [0.2, 0.25) is 5.16 Å². The zero-order valence-corrected chi connectivity index (χ0v) is 9.44. The van der Waals surface area contributed by atoms with Crippen molar-refractivity contribution >= 4 is 23.3 Å². The lowest BCUT2D eigenvalue weighted by molar-refractivity contribution is 1.05. The van der Waals surface area contributed by atoms with Gasteiger partial charge in [0, 0.05) is 4.91 Å². The number of thioether (sulfide) groups is 1. The molecule has 1 heterocycles. The van der Waals surface area contributed by atoms with Crippen LogP contribution in [0.5, 0.6) is 0 Å². The largest absolute Gasteiger partial charge is 0.214 e. The standard InChI is InChI=1S/C10H10N2S2/c1-8-11-10(12-14-8)13-9-6-4-2-3-5-7-9/h2-4,6-7H,5H2,1H3. The molecule has 2 rings (SSSR count). The van der Waals surface area contributed by atoms with Crippen LogP contribution in [0.4, 0.5) is 0 Å². The molecule has 0 fully saturated rings. The van der Waals surface area contributed by atoms with Crippen LogP contribution in [0.15, 0.2) is 40.4 Å². The molecule has 1 aliphatic rings. The molecule has 1 aromatic rings. The van der Waals surface area contributed by atoms with Gasteiger partial charge < -0.3 is 0 Å². The first-order valence-corrected chi connectivity index (χ1v) is 5.95. The van der Waals surface area contributed by atoms with E-state index >= 15 is 0 Å². The van der Waals surface area contributed by atoms with Gasteiger partial charge in [0.05, 0.1) is 0 Å². The van der Waals surface area contributed by atoms with Crippen molar-refractivity contribution < 1.29 is 0 Å². The Hall–Kier alpha value is -0.870. The van der Waals surface area contributed by atoms with E-state index in [1.807, 2.05) is 13.0 Å². The lowest BCUT2D eigenvalue weighted by Crippen LogP contribution is -1.76. The summed E-state index contributed by atoms with van der Waals surface area (Å²) < 4.78 is 4.24. The molecular formula is C10H10N2S2. The molecule has 0 atom stereocenters. The average Bonchev–Trinajstić information content (AvgIpc) is 2.43. The summed E-state index contributed by atoms with van der Waals surface area (Å²) in [5.41, 5.74) is 0. The Bertz CT molecular complexity index is 402. The fourth-order valence-electron chi connectivity index (χ4n) is 1.06. The summed E-state index contributed by atoms with van der Waals surface area (Å²) >= 11 is 3.07. The maximum absolute atomic E-state index is 4.31. The van der Waals surface area contributed by atoms with E-state index < -0.39 is 0 Å². The molecule has 0 aromatic carbocycles. The average molecular weight is 222 g/mol. The van der Waals surface area contributed by atoms with Gasteiger partial charge in [-0.3, -0.25) is 0 Å². The van der Waals surface area contributed by atoms with Crippen LogP contribution in [0.2, 0.25) is 0 Å². The molecule has 0 aliphatic heterocycles. The second kappa shape index (κ2) is 4.57. The maximum atomic E-state index is 4.31. The summed E-state index contributed by atoms with van der Waals surface area (Å²) in [6.07, 6.45) is 11.5. The number of hydrogen-bond acceptors (Lipinski definition) is 4. The molecular weight excluding hydrogens is 212 g/mol. The quantitative estimate of drug-likeness (QED) is 0.767. The Morgan fingerprint density at radius 2 is 2.36 bits per heavy atom. The normalized spacial score (nSPS) is 15.4. The van der Waals surface area contributed by atoms with E-state index in [2.05, 4.69) is 33.7 Å². The third kappa shape index (κ3) is 2.56. The van der Waals surface area contributed by atoms with Crippen LogP contribution < -0.4 is 0 Å². The SMILES string of the molecule is Cc1nc(SC2=CCC=CC=C2)ns1. The summed E-state index contributed by atoms with van der Waals surface area (Å²) in [7, 11) is 0. The zero-order valence-electron chi connectivity index (χ0n) is 7.80. The minimum Gasteiger partial charge on any atom is -0.214 e. The van der Waals surface area contributed by atoms with Gasteiger partial charge in [-0.25, -0.2) is 4.98 Å². The second-order valence-electron chi connectivity index (χ2n) is 2.83. The van der Waals surface area contributed by atoms with Crippen LogP contribution in [0.1, 0.15) is 11.4 Å². The molecule has 0 N–H and O–H groups in total. The third-order valence-electron chi connectivity index (χ3n) is 1.68. The Morgan fingerprint density at radius 3 is 3.14 bits per heavy atom. The fraction of sp³-hybridized carbons (Fsp3) is 0.200. The molecule has 0 spiro atoms. The van der Waals surface area contributed by atoms with Crippen LogP contribution in [-0.2, 0) is 0 Å². The summed E-state index contributed by atoms with van der Waals surface area (Å²) in [6, 6.07) is 0. The number of aryl methyl sites for hydroxylation is 1. The predicted octanol–water partition coefficient (Wildman–Crippen LogP) is 3.34. The molecule has 4 heteroatoms. The highest BCUT2D eigenvalue weighted by Gasteiger charge is 2.03. The van der Waals surface area contributed by atoms with Gasteiger partial charge in [-0.05, 0) is 42.7 Å². The Kier molecular flexibility index (Phi) is 3.16. The first-order valence-electron chi connectivity index (χ1n) is 4.36. The third-order valence-corrected chi connectivity index (χ3v) is 3.32. The van der Waals surface area contributed by atoms with E-state index in [9.17, 15) is 0 Å². The second-order valence-corrected chi connectivity index (χ2v) is 4.82. The van der Waals surface area contributed by atoms with Crippen LogP contribution in [0, 0.1) is 6.92 Å². The number of hydrogen-bond donors (Lipinski definition) is 0. The maximum Gasteiger partial charge on any atom is 0.205 e. The molecule has 1 aliphatic carbocycles. The van der Waals surface area contributed by atoms with Gasteiger partial charge in [0.1, 0.15) is 5.01 Å². The molecule has 2 nitrogen and oxygen atoms in total. The highest BCUT2D eigenvalue weighted by atomic mass is 32.2. The molecule has 0 saturated carbocycles. The van der Waals surface area contributed by atoms with E-state index in [1.54, 1.807) is 11.8 Å². The number of rotatable bonds is 2. The van der Waals surface area contributed by atoms with Crippen molar-refractivity contribution in [3.63, 3.8) is 0 Å². The van der Waals surface area contributed by atoms with Gasteiger partial charge >= 0.3 is 0 Å². The van der Waals surface area contributed by atoms with Gasteiger partial charge in [0.15, 0.2) is 0 Å². The lowest BCUT2D eigenvalue weighted by atomic mass is 10.4. The van der Waals surface area contributed by atoms with E-state index in [1.165, 1.54) is 16.4 Å². The highest BCUT2D eigenvalue weighted by molar-refractivity contribution is 8.03. The topological polar surface area (TPSA) is 25.8 Å². The van der Waals surface area contributed by atoms with Crippen molar-refractivity contribution in [2.24, 2.45) is 0 Å². The van der Waals surface area contributed by atoms with Crippen molar-refractivity contribution in [1.29, 1.82) is 0 Å². The molecule has 0 bridgehead atoms. The fourth-order valence-corrected chi connectivity index (χ4v) is 2.48. The molecule has 1 aromatic heterocycles. The van der Waals surface area contributed by atoms with Crippen molar-refractivity contribution in [2.45, 2.75) is 18.5 Å². The monoisotopic (exact) mass is 222 g/mol. The summed E-state index contributed by atoms with van der Waals surface area (Å²) in [5.74, 6) is 0. The van der Waals surface area contributed by atoms with Gasteiger partial charge in [-0.15, -0.1) is 0 Å². The van der Waals surface area contributed by atoms with E-state index in [0.717, 1.165) is 16.6 Å². The number of nitrogens with zero attached hydrogens (tertiary/aromatic N) is 2. The summed E-state index contributed by atoms with van der Waals surface area (Å²) in [6.45, 7) is 1.97. The molecule has 0 radical (unpaired) electrons. The van der Waals surface area contributed by atoms with Gasteiger partial charge in [0.25, 0.3) is 0 Å². The Morgan fingerprint density at radius 1 is 1.43 bits per heavy atom. The number of aromatic nitrogens is 2. The zero-order chi connectivity index (χ0) is 9.80. The molecule has 0 saturated heterocycles. The summed E-state index contributed by atoms with van der Waals surface area (Å²) in [4.78, 5) is 5.53. The lowest BCUT2D eigenvalue weighted by Gasteiger charge is -1.94. The molecule has 14 heavy (non-hydrogen) atoms. The van der Waals surface area contributed by atoms with Crippen molar-refractivity contribution in [3.05, 3.63) is 40.3 Å². The van der Waals surface area contributed by atoms with Crippen LogP contribution >= 0.6 is 23.3 Å². The first-order chi connectivity index (χ1) is 6.84. The van der Waals surface area contributed by atoms with E-state index in [-0.39, 0.29) is 0 Å². The van der Waals surface area contributed by atoms with Crippen molar-refractivity contribution in [1.82, 2.24) is 9.36 Å². The Balaban J connectivity index is 2.07.